The highest BCUT2D eigenvalue weighted by atomic mass is 32.1. The standard InChI is InChI=1S/C18H24N4O10S/c1-7-16(27)21(19)18(33)22(20-7)17-15(31-11(5)26)14(30-10(4)25)13(29-9(3)24)12(32-17)6-28-8(2)23/h12-15,17H,6,19H2,1-5H3. The molecular formula is C18H24N4O10S. The van der Waals surface area contributed by atoms with E-state index in [0.717, 1.165) is 32.4 Å². The van der Waals surface area contributed by atoms with Gasteiger partial charge in [-0.1, -0.05) is 0 Å². The van der Waals surface area contributed by atoms with Gasteiger partial charge in [-0.2, -0.15) is 9.77 Å². The number of nitrogen functional groups attached to an aromatic ring is 1. The molecule has 2 rings (SSSR count). The third-order valence-corrected chi connectivity index (χ3v) is 4.78. The van der Waals surface area contributed by atoms with Crippen LogP contribution in [0.2, 0.25) is 0 Å². The van der Waals surface area contributed by atoms with Crippen molar-refractivity contribution >= 4 is 36.1 Å². The van der Waals surface area contributed by atoms with E-state index >= 15 is 0 Å². The fourth-order valence-corrected chi connectivity index (χ4v) is 3.41. The van der Waals surface area contributed by atoms with Crippen molar-refractivity contribution in [3.63, 3.8) is 0 Å². The van der Waals surface area contributed by atoms with E-state index in [-0.39, 0.29) is 10.5 Å². The van der Waals surface area contributed by atoms with Crippen LogP contribution in [0.5, 0.6) is 0 Å². The van der Waals surface area contributed by atoms with Gasteiger partial charge in [0.2, 0.25) is 4.77 Å². The summed E-state index contributed by atoms with van der Waals surface area (Å²) in [6, 6.07) is 0. The molecule has 2 heterocycles. The Labute approximate surface area is 192 Å². The first kappa shape index (κ1) is 25.9. The number of aryl methyl sites for hydroxylation is 1. The molecule has 5 unspecified atom stereocenters. The second-order valence-corrected chi connectivity index (χ2v) is 7.44. The van der Waals surface area contributed by atoms with Gasteiger partial charge in [-0.25, -0.2) is 4.68 Å². The van der Waals surface area contributed by atoms with Crippen LogP contribution >= 0.6 is 12.2 Å². The minimum absolute atomic E-state index is 0.0704. The van der Waals surface area contributed by atoms with Crippen molar-refractivity contribution in [1.29, 1.82) is 0 Å². The van der Waals surface area contributed by atoms with E-state index in [4.69, 9.17) is 41.7 Å². The second-order valence-electron chi connectivity index (χ2n) is 7.08. The molecule has 5 atom stereocenters. The Morgan fingerprint density at radius 3 is 2.00 bits per heavy atom. The van der Waals surface area contributed by atoms with Crippen LogP contribution in [0.3, 0.4) is 0 Å². The molecule has 1 aromatic rings. The predicted molar refractivity (Wildman–Crippen MR) is 109 cm³/mol. The van der Waals surface area contributed by atoms with E-state index in [9.17, 15) is 24.0 Å². The first-order valence-corrected chi connectivity index (χ1v) is 10.0. The fraction of sp³-hybridized carbons (Fsp3) is 0.611. The number of hydrogen-bond donors (Lipinski definition) is 1. The molecule has 1 aliphatic heterocycles. The molecule has 1 fully saturated rings. The van der Waals surface area contributed by atoms with Crippen molar-refractivity contribution in [2.75, 3.05) is 12.4 Å². The van der Waals surface area contributed by atoms with Gasteiger partial charge < -0.3 is 29.5 Å². The summed E-state index contributed by atoms with van der Waals surface area (Å²) in [4.78, 5) is 59.0. The zero-order valence-corrected chi connectivity index (χ0v) is 19.3. The minimum Gasteiger partial charge on any atom is -0.463 e. The maximum absolute atomic E-state index is 12.1. The third-order valence-electron chi connectivity index (χ3n) is 4.40. The van der Waals surface area contributed by atoms with Gasteiger partial charge in [0.15, 0.2) is 24.5 Å². The molecule has 1 aliphatic rings. The Kier molecular flexibility index (Phi) is 8.27. The summed E-state index contributed by atoms with van der Waals surface area (Å²) in [5, 5.41) is 4.07. The molecule has 182 valence electrons. The number of carbonyl (C=O) groups excluding carboxylic acids is 4. The van der Waals surface area contributed by atoms with Crippen LogP contribution in [0.1, 0.15) is 39.6 Å². The summed E-state index contributed by atoms with van der Waals surface area (Å²) in [5.41, 5.74) is -0.749. The highest BCUT2D eigenvalue weighted by Gasteiger charge is 2.53. The number of rotatable bonds is 6. The van der Waals surface area contributed by atoms with Crippen LogP contribution in [0.25, 0.3) is 0 Å². The van der Waals surface area contributed by atoms with Crippen molar-refractivity contribution in [3.8, 4) is 0 Å². The highest BCUT2D eigenvalue weighted by Crippen LogP contribution is 2.34. The fourth-order valence-electron chi connectivity index (χ4n) is 3.19. The molecule has 0 aliphatic carbocycles. The van der Waals surface area contributed by atoms with Gasteiger partial charge in [0, 0.05) is 27.7 Å². The van der Waals surface area contributed by atoms with Gasteiger partial charge in [0.25, 0.3) is 5.56 Å². The largest absolute Gasteiger partial charge is 0.463 e. The van der Waals surface area contributed by atoms with Gasteiger partial charge >= 0.3 is 23.9 Å². The molecule has 2 N–H and O–H groups in total. The van der Waals surface area contributed by atoms with Crippen LogP contribution in [-0.4, -0.2) is 69.4 Å². The van der Waals surface area contributed by atoms with E-state index in [1.807, 2.05) is 0 Å². The Balaban J connectivity index is 2.70. The average molecular weight is 488 g/mol. The number of nitrogens with zero attached hydrogens (tertiary/aromatic N) is 3. The van der Waals surface area contributed by atoms with Gasteiger partial charge in [-0.3, -0.25) is 24.0 Å². The molecule has 0 radical (unpaired) electrons. The van der Waals surface area contributed by atoms with Gasteiger partial charge in [-0.05, 0) is 19.1 Å². The Morgan fingerprint density at radius 2 is 1.48 bits per heavy atom. The maximum Gasteiger partial charge on any atom is 0.303 e. The van der Waals surface area contributed by atoms with Gasteiger partial charge in [0.05, 0.1) is 0 Å². The van der Waals surface area contributed by atoms with E-state index < -0.39 is 66.7 Å². The lowest BCUT2D eigenvalue weighted by molar-refractivity contribution is -0.271. The van der Waals surface area contributed by atoms with Crippen molar-refractivity contribution in [2.24, 2.45) is 0 Å². The Hall–Kier alpha value is -3.33. The van der Waals surface area contributed by atoms with Crippen molar-refractivity contribution < 1.29 is 42.9 Å². The second kappa shape index (κ2) is 10.5. The average Bonchev–Trinajstić information content (AvgIpc) is 2.70. The van der Waals surface area contributed by atoms with Crippen molar-refractivity contribution in [2.45, 2.75) is 65.3 Å². The third kappa shape index (κ3) is 6.13. The van der Waals surface area contributed by atoms with Crippen LogP contribution in [0, 0.1) is 11.7 Å². The maximum atomic E-state index is 12.1. The summed E-state index contributed by atoms with van der Waals surface area (Å²) >= 11 is 5.20. The Morgan fingerprint density at radius 1 is 0.970 bits per heavy atom. The zero-order chi connectivity index (χ0) is 25.0. The first-order valence-electron chi connectivity index (χ1n) is 9.61. The molecule has 15 heteroatoms. The molecule has 0 amide bonds. The summed E-state index contributed by atoms with van der Waals surface area (Å²) in [5.74, 6) is 2.71. The number of esters is 4. The number of ether oxygens (including phenoxy) is 5. The Bertz CT molecular complexity index is 1070. The highest BCUT2D eigenvalue weighted by molar-refractivity contribution is 7.71. The zero-order valence-electron chi connectivity index (χ0n) is 18.5. The number of hydrogen-bond acceptors (Lipinski definition) is 13. The monoisotopic (exact) mass is 488 g/mol. The van der Waals surface area contributed by atoms with Gasteiger partial charge in [-0.15, -0.1) is 0 Å². The summed E-state index contributed by atoms with van der Waals surface area (Å²) < 4.78 is 28.2. The van der Waals surface area contributed by atoms with Crippen molar-refractivity contribution in [3.05, 3.63) is 20.8 Å². The smallest absolute Gasteiger partial charge is 0.303 e. The van der Waals surface area contributed by atoms with E-state index in [1.165, 1.54) is 6.92 Å². The normalized spacial score (nSPS) is 24.5. The first-order chi connectivity index (χ1) is 15.3. The number of nitrogens with two attached hydrogens (primary N) is 1. The van der Waals surface area contributed by atoms with Crippen LogP contribution in [0.15, 0.2) is 4.79 Å². The quantitative estimate of drug-likeness (QED) is 0.224. The molecular weight excluding hydrogens is 464 g/mol. The molecule has 0 saturated carbocycles. The molecule has 14 nitrogen and oxygen atoms in total. The lowest BCUT2D eigenvalue weighted by Gasteiger charge is -2.44. The number of aromatic nitrogens is 3. The molecule has 1 aromatic heterocycles. The molecule has 0 aromatic carbocycles. The molecule has 1 saturated heterocycles. The minimum atomic E-state index is -1.44. The summed E-state index contributed by atoms with van der Waals surface area (Å²) in [6.45, 7) is 5.37. The summed E-state index contributed by atoms with van der Waals surface area (Å²) in [6.07, 6.45) is -6.82. The summed E-state index contributed by atoms with van der Waals surface area (Å²) in [7, 11) is 0. The van der Waals surface area contributed by atoms with Crippen LogP contribution in [-0.2, 0) is 42.9 Å². The molecule has 0 bridgehead atoms. The SMILES string of the molecule is CC(=O)OCC1OC(n2nc(C)c(=O)n(N)c2=S)C(OC(C)=O)C(OC(C)=O)C1OC(C)=O. The predicted octanol–water partition coefficient (Wildman–Crippen LogP) is -0.948. The van der Waals surface area contributed by atoms with E-state index in [2.05, 4.69) is 5.10 Å². The van der Waals surface area contributed by atoms with Gasteiger partial charge in [0.1, 0.15) is 18.4 Å². The van der Waals surface area contributed by atoms with Crippen LogP contribution < -0.4 is 11.4 Å². The number of carbonyl (C=O) groups is 4. The lowest BCUT2D eigenvalue weighted by atomic mass is 9.97. The van der Waals surface area contributed by atoms with Crippen LogP contribution in [0.4, 0.5) is 0 Å². The molecule has 0 spiro atoms. The topological polar surface area (TPSA) is 180 Å². The van der Waals surface area contributed by atoms with Crippen molar-refractivity contribution in [1.82, 2.24) is 14.5 Å². The lowest BCUT2D eigenvalue weighted by Crippen LogP contribution is -2.61. The van der Waals surface area contributed by atoms with E-state index in [1.54, 1.807) is 0 Å². The molecule has 33 heavy (non-hydrogen) atoms. The van der Waals surface area contributed by atoms with E-state index in [0.29, 0.717) is 4.68 Å².